The number of nitrogens with one attached hydrogen (secondary N) is 1. The van der Waals surface area contributed by atoms with E-state index in [0.29, 0.717) is 24.5 Å². The fourth-order valence-corrected chi connectivity index (χ4v) is 4.37. The molecular weight excluding hydrogens is 364 g/mol. The minimum Gasteiger partial charge on any atom is -0.496 e. The fraction of sp³-hybridized carbons (Fsp3) is 0.350. The number of rotatable bonds is 7. The normalized spacial score (nSPS) is 11.5. The number of hydrogen-bond donors (Lipinski definition) is 1. The van der Waals surface area contributed by atoms with E-state index in [-0.39, 0.29) is 10.5 Å². The minimum atomic E-state index is -3.67. The second-order valence-electron chi connectivity index (χ2n) is 6.22. The van der Waals surface area contributed by atoms with E-state index < -0.39 is 15.9 Å². The van der Waals surface area contributed by atoms with Crippen molar-refractivity contribution in [2.45, 2.75) is 32.6 Å². The van der Waals surface area contributed by atoms with Crippen LogP contribution in [0.3, 0.4) is 0 Å². The third-order valence-corrected chi connectivity index (χ3v) is 6.43. The molecule has 0 atom stereocenters. The Kier molecular flexibility index (Phi) is 6.62. The Morgan fingerprint density at radius 1 is 1.07 bits per heavy atom. The van der Waals surface area contributed by atoms with Crippen molar-refractivity contribution in [2.75, 3.05) is 25.5 Å². The van der Waals surface area contributed by atoms with Crippen molar-refractivity contribution in [3.63, 3.8) is 0 Å². The van der Waals surface area contributed by atoms with E-state index in [1.54, 1.807) is 13.8 Å². The van der Waals surface area contributed by atoms with Gasteiger partial charge < -0.3 is 10.1 Å². The molecule has 27 heavy (non-hydrogen) atoms. The molecule has 2 rings (SSSR count). The maximum atomic E-state index is 12.8. The number of benzene rings is 2. The zero-order valence-corrected chi connectivity index (χ0v) is 17.2. The molecule has 6 nitrogen and oxygen atoms in total. The summed E-state index contributed by atoms with van der Waals surface area (Å²) in [5.41, 5.74) is 2.86. The maximum absolute atomic E-state index is 12.8. The molecule has 1 N–H and O–H groups in total. The van der Waals surface area contributed by atoms with Crippen LogP contribution in [0.2, 0.25) is 0 Å². The average molecular weight is 391 g/mol. The molecule has 0 aliphatic rings. The maximum Gasteiger partial charge on any atom is 0.259 e. The first-order chi connectivity index (χ1) is 12.7. The number of carbonyl (C=O) groups is 1. The van der Waals surface area contributed by atoms with Crippen LogP contribution in [0.5, 0.6) is 5.75 Å². The molecule has 0 bridgehead atoms. The number of nitrogens with zero attached hydrogens (tertiary/aromatic N) is 1. The highest BCUT2D eigenvalue weighted by Crippen LogP contribution is 2.26. The highest BCUT2D eigenvalue weighted by atomic mass is 32.2. The third kappa shape index (κ3) is 4.48. The van der Waals surface area contributed by atoms with Crippen LogP contribution in [0, 0.1) is 13.8 Å². The van der Waals surface area contributed by atoms with Crippen LogP contribution < -0.4 is 10.1 Å². The molecule has 0 saturated carbocycles. The second-order valence-corrected chi connectivity index (χ2v) is 8.16. The summed E-state index contributed by atoms with van der Waals surface area (Å²) < 4.78 is 32.2. The lowest BCUT2D eigenvalue weighted by molar-refractivity contribution is 0.102. The Balaban J connectivity index is 2.44. The van der Waals surface area contributed by atoms with Gasteiger partial charge in [0.05, 0.1) is 17.6 Å². The van der Waals surface area contributed by atoms with Crippen LogP contribution in [0.15, 0.2) is 41.3 Å². The molecule has 0 heterocycles. The summed E-state index contributed by atoms with van der Waals surface area (Å²) in [5.74, 6) is -0.105. The van der Waals surface area contributed by atoms with Gasteiger partial charge in [-0.1, -0.05) is 31.5 Å². The van der Waals surface area contributed by atoms with Gasteiger partial charge >= 0.3 is 0 Å². The standard InChI is InChI=1S/C20H26N2O4S/c1-6-22(7-2)27(24,25)16-9-11-19(26-5)17(13-16)20(23)21-18-10-8-14(3)12-15(18)4/h8-13H,6-7H2,1-5H3,(H,21,23). The molecule has 2 aromatic rings. The van der Waals surface area contributed by atoms with E-state index in [1.807, 2.05) is 32.0 Å². The monoisotopic (exact) mass is 390 g/mol. The van der Waals surface area contributed by atoms with E-state index in [2.05, 4.69) is 5.32 Å². The van der Waals surface area contributed by atoms with Gasteiger partial charge in [0.2, 0.25) is 10.0 Å². The van der Waals surface area contributed by atoms with Gasteiger partial charge in [-0.25, -0.2) is 8.42 Å². The zero-order valence-electron chi connectivity index (χ0n) is 16.4. The molecule has 0 fully saturated rings. The van der Waals surface area contributed by atoms with Crippen LogP contribution in [-0.4, -0.2) is 38.8 Å². The first kappa shape index (κ1) is 20.9. The Morgan fingerprint density at radius 3 is 2.30 bits per heavy atom. The molecule has 2 aromatic carbocycles. The van der Waals surface area contributed by atoms with E-state index in [4.69, 9.17) is 4.74 Å². The predicted molar refractivity (Wildman–Crippen MR) is 107 cm³/mol. The summed E-state index contributed by atoms with van der Waals surface area (Å²) in [4.78, 5) is 12.9. The summed E-state index contributed by atoms with van der Waals surface area (Å²) in [7, 11) is -2.22. The number of anilines is 1. The first-order valence-corrected chi connectivity index (χ1v) is 10.2. The van der Waals surface area contributed by atoms with Gasteiger partial charge in [-0.05, 0) is 43.7 Å². The van der Waals surface area contributed by atoms with Crippen LogP contribution in [0.4, 0.5) is 5.69 Å². The second kappa shape index (κ2) is 8.54. The lowest BCUT2D eigenvalue weighted by atomic mass is 10.1. The average Bonchev–Trinajstić information content (AvgIpc) is 2.64. The predicted octanol–water partition coefficient (Wildman–Crippen LogP) is 3.59. The fourth-order valence-electron chi connectivity index (χ4n) is 2.88. The summed E-state index contributed by atoms with van der Waals surface area (Å²) in [6, 6.07) is 10.0. The van der Waals surface area contributed by atoms with E-state index >= 15 is 0 Å². The molecular formula is C20H26N2O4S. The van der Waals surface area contributed by atoms with Gasteiger partial charge in [0, 0.05) is 18.8 Å². The first-order valence-electron chi connectivity index (χ1n) is 8.81. The molecule has 0 aromatic heterocycles. The quantitative estimate of drug-likeness (QED) is 0.784. The summed E-state index contributed by atoms with van der Waals surface area (Å²) in [5, 5.41) is 2.84. The highest BCUT2D eigenvalue weighted by Gasteiger charge is 2.24. The van der Waals surface area contributed by atoms with Crippen LogP contribution in [0.25, 0.3) is 0 Å². The van der Waals surface area contributed by atoms with Crippen LogP contribution >= 0.6 is 0 Å². The molecule has 146 valence electrons. The Labute approximate surface area is 161 Å². The van der Waals surface area contributed by atoms with E-state index in [9.17, 15) is 13.2 Å². The van der Waals surface area contributed by atoms with Crippen molar-refractivity contribution in [3.8, 4) is 5.75 Å². The molecule has 0 saturated heterocycles. The van der Waals surface area contributed by atoms with Crippen LogP contribution in [-0.2, 0) is 10.0 Å². The number of ether oxygens (including phenoxy) is 1. The number of hydrogen-bond acceptors (Lipinski definition) is 4. The Bertz CT molecular complexity index is 935. The largest absolute Gasteiger partial charge is 0.496 e. The van der Waals surface area contributed by atoms with Gasteiger partial charge in [0.25, 0.3) is 5.91 Å². The number of sulfonamides is 1. The molecule has 0 aliphatic heterocycles. The highest BCUT2D eigenvalue weighted by molar-refractivity contribution is 7.89. The lowest BCUT2D eigenvalue weighted by Crippen LogP contribution is -2.30. The lowest BCUT2D eigenvalue weighted by Gasteiger charge is -2.19. The smallest absolute Gasteiger partial charge is 0.259 e. The van der Waals surface area contributed by atoms with Crippen molar-refractivity contribution >= 4 is 21.6 Å². The molecule has 0 spiro atoms. The summed E-state index contributed by atoms with van der Waals surface area (Å²) in [6.07, 6.45) is 0. The summed E-state index contributed by atoms with van der Waals surface area (Å²) >= 11 is 0. The SMILES string of the molecule is CCN(CC)S(=O)(=O)c1ccc(OC)c(C(=O)Nc2ccc(C)cc2C)c1. The topological polar surface area (TPSA) is 75.7 Å². The molecule has 0 radical (unpaired) electrons. The van der Waals surface area contributed by atoms with E-state index in [1.165, 1.54) is 29.6 Å². The zero-order chi connectivity index (χ0) is 20.2. The Hall–Kier alpha value is -2.38. The van der Waals surface area contributed by atoms with Gasteiger partial charge in [-0.2, -0.15) is 4.31 Å². The molecule has 1 amide bonds. The molecule has 0 unspecified atom stereocenters. The number of amides is 1. The third-order valence-electron chi connectivity index (χ3n) is 4.39. The van der Waals surface area contributed by atoms with Crippen molar-refractivity contribution in [1.82, 2.24) is 4.31 Å². The van der Waals surface area contributed by atoms with Gasteiger partial charge in [-0.3, -0.25) is 4.79 Å². The van der Waals surface area contributed by atoms with Crippen molar-refractivity contribution in [2.24, 2.45) is 0 Å². The van der Waals surface area contributed by atoms with Crippen molar-refractivity contribution in [1.29, 1.82) is 0 Å². The number of carbonyl (C=O) groups excluding carboxylic acids is 1. The van der Waals surface area contributed by atoms with Crippen molar-refractivity contribution in [3.05, 3.63) is 53.1 Å². The number of methoxy groups -OCH3 is 1. The van der Waals surface area contributed by atoms with Gasteiger partial charge in [-0.15, -0.1) is 0 Å². The number of aryl methyl sites for hydroxylation is 2. The van der Waals surface area contributed by atoms with Gasteiger partial charge in [0.15, 0.2) is 0 Å². The van der Waals surface area contributed by atoms with Crippen molar-refractivity contribution < 1.29 is 17.9 Å². The minimum absolute atomic E-state index is 0.0674. The van der Waals surface area contributed by atoms with Gasteiger partial charge in [0.1, 0.15) is 5.75 Å². The molecule has 7 heteroatoms. The summed E-state index contributed by atoms with van der Waals surface area (Å²) in [6.45, 7) is 8.14. The van der Waals surface area contributed by atoms with Crippen LogP contribution in [0.1, 0.15) is 35.3 Å². The van der Waals surface area contributed by atoms with E-state index in [0.717, 1.165) is 11.1 Å². The molecule has 0 aliphatic carbocycles. The Morgan fingerprint density at radius 2 is 1.74 bits per heavy atom.